The van der Waals surface area contributed by atoms with Gasteiger partial charge in [-0.15, -0.1) is 0 Å². The van der Waals surface area contributed by atoms with Crippen LogP contribution in [0, 0.1) is 0 Å². The smallest absolute Gasteiger partial charge is 0.0325 e. The number of benzene rings is 1. The second-order valence-corrected chi connectivity index (χ2v) is 4.71. The van der Waals surface area contributed by atoms with Crippen molar-refractivity contribution in [1.29, 1.82) is 0 Å². The Labute approximate surface area is 98.0 Å². The highest BCUT2D eigenvalue weighted by Crippen LogP contribution is 2.12. The molecule has 1 heterocycles. The highest BCUT2D eigenvalue weighted by Gasteiger charge is 2.25. The first-order valence-electron chi connectivity index (χ1n) is 5.88. The minimum Gasteiger partial charge on any atom is -0.308 e. The number of rotatable bonds is 5. The molecule has 0 radical (unpaired) electrons. The molecule has 1 fully saturated rings. The molecule has 0 amide bonds. The van der Waals surface area contributed by atoms with Crippen molar-refractivity contribution in [2.75, 3.05) is 19.6 Å². The quantitative estimate of drug-likeness (QED) is 0.758. The highest BCUT2D eigenvalue weighted by molar-refractivity contribution is 5.15. The molecule has 2 nitrogen and oxygen atoms in total. The predicted octanol–water partition coefficient (Wildman–Crippen LogP) is 2.04. The highest BCUT2D eigenvalue weighted by atomic mass is 15.2. The molecule has 16 heavy (non-hydrogen) atoms. The fraction of sp³-hybridized carbons (Fsp3) is 0.429. The Balaban J connectivity index is 1.67. The van der Waals surface area contributed by atoms with Crippen LogP contribution < -0.4 is 5.32 Å². The van der Waals surface area contributed by atoms with Crippen molar-refractivity contribution in [2.45, 2.75) is 19.5 Å². The van der Waals surface area contributed by atoms with E-state index >= 15 is 0 Å². The monoisotopic (exact) mass is 216 g/mol. The number of likely N-dealkylation sites (tertiary alicyclic amines) is 1. The summed E-state index contributed by atoms with van der Waals surface area (Å²) in [6, 6.07) is 11.3. The van der Waals surface area contributed by atoms with Crippen LogP contribution in [0.25, 0.3) is 0 Å². The minimum atomic E-state index is 0.653. The Kier molecular flexibility index (Phi) is 3.75. The van der Waals surface area contributed by atoms with Crippen LogP contribution in [0.1, 0.15) is 12.5 Å². The van der Waals surface area contributed by atoms with Crippen molar-refractivity contribution < 1.29 is 0 Å². The lowest BCUT2D eigenvalue weighted by molar-refractivity contribution is 0.120. The molecule has 0 unspecified atom stereocenters. The van der Waals surface area contributed by atoms with E-state index in [2.05, 4.69) is 54.1 Å². The second-order valence-electron chi connectivity index (χ2n) is 4.71. The zero-order chi connectivity index (χ0) is 11.4. The van der Waals surface area contributed by atoms with Gasteiger partial charge in [-0.3, -0.25) is 4.90 Å². The van der Waals surface area contributed by atoms with E-state index < -0.39 is 0 Å². The van der Waals surface area contributed by atoms with Gasteiger partial charge in [0.1, 0.15) is 0 Å². The molecule has 1 saturated heterocycles. The Morgan fingerprint density at radius 3 is 2.69 bits per heavy atom. The number of hydrogen-bond acceptors (Lipinski definition) is 2. The normalized spacial score (nSPS) is 17.1. The summed E-state index contributed by atoms with van der Waals surface area (Å²) in [5, 5.41) is 3.49. The zero-order valence-electron chi connectivity index (χ0n) is 9.95. The fourth-order valence-corrected chi connectivity index (χ4v) is 1.99. The summed E-state index contributed by atoms with van der Waals surface area (Å²) in [6.45, 7) is 10.3. The van der Waals surface area contributed by atoms with Crippen LogP contribution in [-0.2, 0) is 6.54 Å². The summed E-state index contributed by atoms with van der Waals surface area (Å²) in [4.78, 5) is 2.46. The van der Waals surface area contributed by atoms with Gasteiger partial charge in [-0.1, -0.05) is 42.5 Å². The van der Waals surface area contributed by atoms with Gasteiger partial charge < -0.3 is 5.32 Å². The summed E-state index contributed by atoms with van der Waals surface area (Å²) in [7, 11) is 0. The Morgan fingerprint density at radius 2 is 2.06 bits per heavy atom. The third kappa shape index (κ3) is 3.19. The maximum Gasteiger partial charge on any atom is 0.0325 e. The summed E-state index contributed by atoms with van der Waals surface area (Å²) in [5.74, 6) is 0. The van der Waals surface area contributed by atoms with Gasteiger partial charge in [0.2, 0.25) is 0 Å². The first-order valence-corrected chi connectivity index (χ1v) is 5.88. The van der Waals surface area contributed by atoms with Gasteiger partial charge in [0, 0.05) is 32.2 Å². The fourth-order valence-electron chi connectivity index (χ4n) is 1.99. The molecule has 0 spiro atoms. The molecule has 0 atom stereocenters. The summed E-state index contributed by atoms with van der Waals surface area (Å²) >= 11 is 0. The van der Waals surface area contributed by atoms with Gasteiger partial charge >= 0.3 is 0 Å². The Bertz CT molecular complexity index is 339. The molecule has 2 heteroatoms. The molecule has 0 aliphatic carbocycles. The van der Waals surface area contributed by atoms with Crippen molar-refractivity contribution >= 4 is 0 Å². The molecule has 2 rings (SSSR count). The van der Waals surface area contributed by atoms with Gasteiger partial charge in [0.15, 0.2) is 0 Å². The standard InChI is InChI=1S/C14H20N2/c1-12(2)8-15-14-10-16(11-14)9-13-6-4-3-5-7-13/h3-7,14-15H,1,8-11H2,2H3. The molecule has 1 N–H and O–H groups in total. The number of nitrogens with one attached hydrogen (secondary N) is 1. The maximum absolute atomic E-state index is 3.90. The average molecular weight is 216 g/mol. The van der Waals surface area contributed by atoms with E-state index in [0.29, 0.717) is 6.04 Å². The van der Waals surface area contributed by atoms with Crippen LogP contribution >= 0.6 is 0 Å². The van der Waals surface area contributed by atoms with E-state index in [4.69, 9.17) is 0 Å². The summed E-state index contributed by atoms with van der Waals surface area (Å²) in [5.41, 5.74) is 2.61. The van der Waals surface area contributed by atoms with Crippen molar-refractivity contribution in [3.63, 3.8) is 0 Å². The molecule has 0 saturated carbocycles. The van der Waals surface area contributed by atoms with E-state index in [9.17, 15) is 0 Å². The average Bonchev–Trinajstić information content (AvgIpc) is 2.22. The van der Waals surface area contributed by atoms with Gasteiger partial charge in [-0.05, 0) is 12.5 Å². The first-order chi connectivity index (χ1) is 7.74. The zero-order valence-corrected chi connectivity index (χ0v) is 9.95. The van der Waals surface area contributed by atoms with E-state index in [-0.39, 0.29) is 0 Å². The van der Waals surface area contributed by atoms with Crippen LogP contribution in [0.5, 0.6) is 0 Å². The van der Waals surface area contributed by atoms with E-state index in [1.165, 1.54) is 11.1 Å². The largest absolute Gasteiger partial charge is 0.308 e. The van der Waals surface area contributed by atoms with Crippen molar-refractivity contribution in [3.8, 4) is 0 Å². The van der Waals surface area contributed by atoms with Gasteiger partial charge in [0.05, 0.1) is 0 Å². The predicted molar refractivity (Wildman–Crippen MR) is 68.3 cm³/mol. The molecular weight excluding hydrogens is 196 g/mol. The molecule has 1 aliphatic heterocycles. The molecule has 0 bridgehead atoms. The van der Waals surface area contributed by atoms with Gasteiger partial charge in [0.25, 0.3) is 0 Å². The van der Waals surface area contributed by atoms with Crippen molar-refractivity contribution in [2.24, 2.45) is 0 Å². The van der Waals surface area contributed by atoms with E-state index in [0.717, 1.165) is 26.2 Å². The minimum absolute atomic E-state index is 0.653. The van der Waals surface area contributed by atoms with Crippen LogP contribution in [0.4, 0.5) is 0 Å². The van der Waals surface area contributed by atoms with Crippen molar-refractivity contribution in [3.05, 3.63) is 48.0 Å². The number of hydrogen-bond donors (Lipinski definition) is 1. The molecule has 1 aromatic rings. The van der Waals surface area contributed by atoms with Crippen LogP contribution in [0.15, 0.2) is 42.5 Å². The van der Waals surface area contributed by atoms with E-state index in [1.54, 1.807) is 0 Å². The topological polar surface area (TPSA) is 15.3 Å². The third-order valence-electron chi connectivity index (χ3n) is 2.90. The van der Waals surface area contributed by atoms with Crippen LogP contribution in [0.2, 0.25) is 0 Å². The Hall–Kier alpha value is -1.12. The maximum atomic E-state index is 3.90. The molecule has 86 valence electrons. The molecule has 1 aromatic carbocycles. The lowest BCUT2D eigenvalue weighted by Gasteiger charge is -2.40. The Morgan fingerprint density at radius 1 is 1.38 bits per heavy atom. The second kappa shape index (κ2) is 5.28. The lowest BCUT2D eigenvalue weighted by Crippen LogP contribution is -2.57. The van der Waals surface area contributed by atoms with Crippen molar-refractivity contribution in [1.82, 2.24) is 10.2 Å². The van der Waals surface area contributed by atoms with Gasteiger partial charge in [-0.2, -0.15) is 0 Å². The van der Waals surface area contributed by atoms with Gasteiger partial charge in [-0.25, -0.2) is 0 Å². The van der Waals surface area contributed by atoms with Crippen LogP contribution in [0.3, 0.4) is 0 Å². The molecule has 1 aliphatic rings. The first kappa shape index (κ1) is 11.4. The van der Waals surface area contributed by atoms with E-state index in [1.807, 2.05) is 0 Å². The number of nitrogens with zero attached hydrogens (tertiary/aromatic N) is 1. The third-order valence-corrected chi connectivity index (χ3v) is 2.90. The molecular formula is C14H20N2. The summed E-state index contributed by atoms with van der Waals surface area (Å²) in [6.07, 6.45) is 0. The molecule has 0 aromatic heterocycles. The van der Waals surface area contributed by atoms with Crippen LogP contribution in [-0.4, -0.2) is 30.6 Å². The lowest BCUT2D eigenvalue weighted by atomic mass is 10.1. The summed E-state index contributed by atoms with van der Waals surface area (Å²) < 4.78 is 0. The SMILES string of the molecule is C=C(C)CNC1CN(Cc2ccccc2)C1.